The van der Waals surface area contributed by atoms with Crippen LogP contribution in [0, 0.1) is 18.3 Å². The van der Waals surface area contributed by atoms with Gasteiger partial charge in [-0.25, -0.2) is 4.68 Å². The van der Waals surface area contributed by atoms with Gasteiger partial charge in [0.05, 0.1) is 11.8 Å². The molecular formula is C9H11N3O. The summed E-state index contributed by atoms with van der Waals surface area (Å²) in [6.45, 7) is 3.78. The minimum Gasteiger partial charge on any atom is -0.271 e. The van der Waals surface area contributed by atoms with Crippen molar-refractivity contribution in [1.82, 2.24) is 9.78 Å². The van der Waals surface area contributed by atoms with E-state index in [0.29, 0.717) is 0 Å². The van der Waals surface area contributed by atoms with E-state index in [1.165, 1.54) is 4.68 Å². The Labute approximate surface area is 76.8 Å². The number of nitriles is 1. The van der Waals surface area contributed by atoms with Crippen LogP contribution in [-0.2, 0) is 6.42 Å². The third kappa shape index (κ3) is 1.94. The number of rotatable bonds is 2. The zero-order valence-corrected chi connectivity index (χ0v) is 7.74. The van der Waals surface area contributed by atoms with Crippen molar-refractivity contribution in [3.63, 3.8) is 0 Å². The lowest BCUT2D eigenvalue weighted by molar-refractivity contribution is 0.0900. The van der Waals surface area contributed by atoms with Crippen LogP contribution in [0.25, 0.3) is 0 Å². The van der Waals surface area contributed by atoms with Crippen molar-refractivity contribution >= 4 is 5.91 Å². The first kappa shape index (κ1) is 9.46. The zero-order valence-electron chi connectivity index (χ0n) is 7.74. The Morgan fingerprint density at radius 2 is 2.46 bits per heavy atom. The van der Waals surface area contributed by atoms with Crippen LogP contribution in [0.1, 0.15) is 29.5 Å². The molecule has 0 aliphatic carbocycles. The lowest BCUT2D eigenvalue weighted by Crippen LogP contribution is -2.14. The van der Waals surface area contributed by atoms with Gasteiger partial charge in [0.1, 0.15) is 6.42 Å². The van der Waals surface area contributed by atoms with Gasteiger partial charge in [0.15, 0.2) is 0 Å². The Morgan fingerprint density at radius 1 is 1.77 bits per heavy atom. The molecule has 0 aliphatic heterocycles. The molecule has 1 heterocycles. The van der Waals surface area contributed by atoms with Gasteiger partial charge in [0.25, 0.3) is 5.91 Å². The second-order valence-corrected chi connectivity index (χ2v) is 2.77. The fourth-order valence-electron chi connectivity index (χ4n) is 1.16. The minimum absolute atomic E-state index is 0.117. The fourth-order valence-corrected chi connectivity index (χ4v) is 1.16. The average Bonchev–Trinajstić information content (AvgIpc) is 2.47. The number of aryl methyl sites for hydroxylation is 2. The first-order chi connectivity index (χ1) is 6.19. The molecular weight excluding hydrogens is 166 g/mol. The Morgan fingerprint density at radius 3 is 3.00 bits per heavy atom. The highest BCUT2D eigenvalue weighted by Gasteiger charge is 2.10. The van der Waals surface area contributed by atoms with Crippen LogP contribution in [0.5, 0.6) is 0 Å². The Hall–Kier alpha value is -1.63. The van der Waals surface area contributed by atoms with E-state index in [-0.39, 0.29) is 12.3 Å². The molecule has 0 aliphatic rings. The van der Waals surface area contributed by atoms with E-state index in [2.05, 4.69) is 5.10 Å². The quantitative estimate of drug-likeness (QED) is 0.684. The number of hydrogen-bond acceptors (Lipinski definition) is 3. The highest BCUT2D eigenvalue weighted by molar-refractivity contribution is 5.80. The first-order valence-electron chi connectivity index (χ1n) is 4.14. The van der Waals surface area contributed by atoms with Crippen molar-refractivity contribution in [2.75, 3.05) is 0 Å². The summed E-state index contributed by atoms with van der Waals surface area (Å²) in [4.78, 5) is 11.3. The summed E-state index contributed by atoms with van der Waals surface area (Å²) in [5, 5.41) is 12.4. The lowest BCUT2D eigenvalue weighted by Gasteiger charge is -1.99. The summed E-state index contributed by atoms with van der Waals surface area (Å²) in [6, 6.07) is 3.67. The van der Waals surface area contributed by atoms with Gasteiger partial charge < -0.3 is 0 Å². The molecule has 68 valence electrons. The summed E-state index contributed by atoms with van der Waals surface area (Å²) in [7, 11) is 0. The Balaban J connectivity index is 2.99. The summed E-state index contributed by atoms with van der Waals surface area (Å²) >= 11 is 0. The van der Waals surface area contributed by atoms with Crippen LogP contribution >= 0.6 is 0 Å². The van der Waals surface area contributed by atoms with Gasteiger partial charge in [-0.3, -0.25) is 4.79 Å². The van der Waals surface area contributed by atoms with E-state index < -0.39 is 0 Å². The minimum atomic E-state index is -0.257. The molecule has 0 unspecified atom stereocenters. The van der Waals surface area contributed by atoms with Gasteiger partial charge in [-0.2, -0.15) is 10.4 Å². The smallest absolute Gasteiger partial charge is 0.261 e. The zero-order chi connectivity index (χ0) is 9.84. The number of carbonyl (C=O) groups is 1. The molecule has 1 rings (SSSR count). The molecule has 0 spiro atoms. The molecule has 0 bridgehead atoms. The summed E-state index contributed by atoms with van der Waals surface area (Å²) in [5.41, 5.74) is 1.67. The molecule has 1 aromatic heterocycles. The SMILES string of the molecule is CCc1cc(C)nn1C(=O)CC#N. The van der Waals surface area contributed by atoms with Gasteiger partial charge in [-0.05, 0) is 19.4 Å². The molecule has 0 amide bonds. The Bertz CT molecular complexity index is 359. The molecule has 0 saturated heterocycles. The molecule has 0 saturated carbocycles. The van der Waals surface area contributed by atoms with E-state index in [4.69, 9.17) is 5.26 Å². The molecule has 4 heteroatoms. The molecule has 0 atom stereocenters. The predicted octanol–water partition coefficient (Wildman–Crippen LogP) is 1.31. The van der Waals surface area contributed by atoms with Crippen LogP contribution in [0.2, 0.25) is 0 Å². The molecule has 13 heavy (non-hydrogen) atoms. The molecule has 4 nitrogen and oxygen atoms in total. The van der Waals surface area contributed by atoms with Crippen molar-refractivity contribution < 1.29 is 4.79 Å². The summed E-state index contributed by atoms with van der Waals surface area (Å²) < 4.78 is 1.32. The first-order valence-corrected chi connectivity index (χ1v) is 4.14. The van der Waals surface area contributed by atoms with Crippen LogP contribution in [0.4, 0.5) is 0 Å². The molecule has 0 radical (unpaired) electrons. The predicted molar refractivity (Wildman–Crippen MR) is 47.2 cm³/mol. The number of aromatic nitrogens is 2. The van der Waals surface area contributed by atoms with Crippen molar-refractivity contribution in [2.45, 2.75) is 26.7 Å². The van der Waals surface area contributed by atoms with Crippen LogP contribution in [0.3, 0.4) is 0 Å². The summed E-state index contributed by atoms with van der Waals surface area (Å²) in [6.07, 6.45) is 0.631. The average molecular weight is 177 g/mol. The molecule has 0 fully saturated rings. The van der Waals surface area contributed by atoms with E-state index in [9.17, 15) is 4.79 Å². The van der Waals surface area contributed by atoms with Crippen LogP contribution in [-0.4, -0.2) is 15.7 Å². The Kier molecular flexibility index (Phi) is 2.80. The third-order valence-corrected chi connectivity index (χ3v) is 1.73. The standard InChI is InChI=1S/C9H11N3O/c1-3-8-6-7(2)11-12(8)9(13)4-5-10/h6H,3-4H2,1-2H3. The maximum absolute atomic E-state index is 11.3. The number of nitrogens with zero attached hydrogens (tertiary/aromatic N) is 3. The maximum atomic E-state index is 11.3. The van der Waals surface area contributed by atoms with Crippen molar-refractivity contribution in [2.24, 2.45) is 0 Å². The highest BCUT2D eigenvalue weighted by Crippen LogP contribution is 2.05. The normalized spacial score (nSPS) is 9.62. The molecule has 1 aromatic rings. The van der Waals surface area contributed by atoms with Crippen LogP contribution < -0.4 is 0 Å². The van der Waals surface area contributed by atoms with Gasteiger partial charge >= 0.3 is 0 Å². The number of hydrogen-bond donors (Lipinski definition) is 0. The van der Waals surface area contributed by atoms with Gasteiger partial charge in [-0.15, -0.1) is 0 Å². The van der Waals surface area contributed by atoms with Gasteiger partial charge in [-0.1, -0.05) is 6.92 Å². The summed E-state index contributed by atoms with van der Waals surface area (Å²) in [5.74, 6) is -0.257. The van der Waals surface area contributed by atoms with Gasteiger partial charge in [0.2, 0.25) is 0 Å². The monoisotopic (exact) mass is 177 g/mol. The van der Waals surface area contributed by atoms with Crippen molar-refractivity contribution in [1.29, 1.82) is 5.26 Å². The van der Waals surface area contributed by atoms with E-state index >= 15 is 0 Å². The molecule has 0 aromatic carbocycles. The number of carbonyl (C=O) groups excluding carboxylic acids is 1. The second kappa shape index (κ2) is 3.85. The van der Waals surface area contributed by atoms with Crippen molar-refractivity contribution in [3.8, 4) is 6.07 Å². The van der Waals surface area contributed by atoms with Gasteiger partial charge in [0, 0.05) is 5.69 Å². The topological polar surface area (TPSA) is 58.7 Å². The maximum Gasteiger partial charge on any atom is 0.261 e. The largest absolute Gasteiger partial charge is 0.271 e. The van der Waals surface area contributed by atoms with Crippen molar-refractivity contribution in [3.05, 3.63) is 17.5 Å². The van der Waals surface area contributed by atoms with E-state index in [1.54, 1.807) is 0 Å². The van der Waals surface area contributed by atoms with E-state index in [1.807, 2.05) is 26.0 Å². The second-order valence-electron chi connectivity index (χ2n) is 2.77. The lowest BCUT2D eigenvalue weighted by atomic mass is 10.3. The van der Waals surface area contributed by atoms with Crippen LogP contribution in [0.15, 0.2) is 6.07 Å². The highest BCUT2D eigenvalue weighted by atomic mass is 16.2. The van der Waals surface area contributed by atoms with E-state index in [0.717, 1.165) is 17.8 Å². The molecule has 0 N–H and O–H groups in total. The third-order valence-electron chi connectivity index (χ3n) is 1.73. The fraction of sp³-hybridized carbons (Fsp3) is 0.444.